The van der Waals surface area contributed by atoms with Gasteiger partial charge in [-0.3, -0.25) is 14.4 Å². The Morgan fingerprint density at radius 2 is 1.88 bits per heavy atom. The average Bonchev–Trinajstić information content (AvgIpc) is 3.32. The Morgan fingerprint density at radius 3 is 2.54 bits per heavy atom. The lowest BCUT2D eigenvalue weighted by molar-refractivity contribution is -0.122. The van der Waals surface area contributed by atoms with E-state index in [4.69, 9.17) is 5.26 Å². The van der Waals surface area contributed by atoms with Crippen LogP contribution in [0.15, 0.2) is 42.7 Å². The quantitative estimate of drug-likeness (QED) is 0.849. The molecule has 0 aliphatic carbocycles. The van der Waals surface area contributed by atoms with E-state index in [0.717, 1.165) is 51.1 Å². The van der Waals surface area contributed by atoms with Gasteiger partial charge in [-0.25, -0.2) is 0 Å². The minimum atomic E-state index is -0.00343. The predicted molar refractivity (Wildman–Crippen MR) is 98.4 cm³/mol. The number of amides is 1. The van der Waals surface area contributed by atoms with Crippen LogP contribution in [0.3, 0.4) is 0 Å². The number of piperidine rings is 1. The molecule has 6 nitrogen and oxygen atoms in total. The molecule has 134 valence electrons. The number of carbonyl (C=O) groups is 1. The lowest BCUT2D eigenvalue weighted by atomic mass is 9.95. The Kier molecular flexibility index (Phi) is 4.72. The summed E-state index contributed by atoms with van der Waals surface area (Å²) in [6.07, 6.45) is 6.94. The first-order valence-electron chi connectivity index (χ1n) is 9.27. The third-order valence-electron chi connectivity index (χ3n) is 5.58. The molecule has 1 unspecified atom stereocenters. The lowest BCUT2D eigenvalue weighted by Gasteiger charge is -2.35. The van der Waals surface area contributed by atoms with Crippen LogP contribution < -0.4 is 4.90 Å². The highest BCUT2D eigenvalue weighted by molar-refractivity contribution is 5.99. The molecule has 2 aliphatic rings. The number of likely N-dealkylation sites (tertiary alicyclic amines) is 1. The van der Waals surface area contributed by atoms with E-state index < -0.39 is 0 Å². The molecule has 2 aromatic rings. The molecule has 0 spiro atoms. The van der Waals surface area contributed by atoms with E-state index in [1.54, 1.807) is 12.1 Å². The number of nitrogens with zero attached hydrogens (tertiary/aromatic N) is 5. The van der Waals surface area contributed by atoms with Gasteiger partial charge < -0.3 is 4.90 Å². The van der Waals surface area contributed by atoms with E-state index in [1.807, 2.05) is 40.2 Å². The molecular formula is C20H23N5O. The van der Waals surface area contributed by atoms with Crippen molar-refractivity contribution in [1.29, 1.82) is 5.26 Å². The maximum Gasteiger partial charge on any atom is 0.244 e. The number of nitriles is 1. The summed E-state index contributed by atoms with van der Waals surface area (Å²) in [4.78, 5) is 17.1. The zero-order chi connectivity index (χ0) is 17.9. The number of hydrogen-bond donors (Lipinski definition) is 0. The van der Waals surface area contributed by atoms with E-state index in [0.29, 0.717) is 11.5 Å². The number of carbonyl (C=O) groups excluding carboxylic acids is 1. The first-order valence-corrected chi connectivity index (χ1v) is 9.27. The molecule has 2 aliphatic heterocycles. The van der Waals surface area contributed by atoms with Crippen LogP contribution in [-0.2, 0) is 11.3 Å². The van der Waals surface area contributed by atoms with Crippen LogP contribution in [0.4, 0.5) is 5.69 Å². The van der Waals surface area contributed by atoms with Crippen LogP contribution in [0, 0.1) is 17.2 Å². The van der Waals surface area contributed by atoms with Crippen LogP contribution in [0.1, 0.15) is 24.8 Å². The Labute approximate surface area is 153 Å². The zero-order valence-electron chi connectivity index (χ0n) is 14.8. The minimum absolute atomic E-state index is 0.00343. The van der Waals surface area contributed by atoms with Gasteiger partial charge in [-0.15, -0.1) is 0 Å². The fourth-order valence-corrected chi connectivity index (χ4v) is 4.10. The fraction of sp³-hybridized carbons (Fsp3) is 0.450. The van der Waals surface area contributed by atoms with Gasteiger partial charge in [-0.1, -0.05) is 0 Å². The third-order valence-corrected chi connectivity index (χ3v) is 5.58. The molecule has 26 heavy (non-hydrogen) atoms. The van der Waals surface area contributed by atoms with Gasteiger partial charge in [0, 0.05) is 31.2 Å². The number of benzene rings is 1. The van der Waals surface area contributed by atoms with Crippen molar-refractivity contribution >= 4 is 11.6 Å². The van der Waals surface area contributed by atoms with Crippen molar-refractivity contribution in [1.82, 2.24) is 14.7 Å². The average molecular weight is 349 g/mol. The summed E-state index contributed by atoms with van der Waals surface area (Å²) in [7, 11) is 0. The molecule has 2 fully saturated rings. The zero-order valence-corrected chi connectivity index (χ0v) is 14.8. The van der Waals surface area contributed by atoms with Crippen molar-refractivity contribution in [2.75, 3.05) is 24.5 Å². The molecule has 6 heteroatoms. The predicted octanol–water partition coefficient (Wildman–Crippen LogP) is 2.27. The summed E-state index contributed by atoms with van der Waals surface area (Å²) in [6.45, 7) is 3.67. The van der Waals surface area contributed by atoms with Gasteiger partial charge in [0.2, 0.25) is 5.91 Å². The number of hydrogen-bond acceptors (Lipinski definition) is 4. The Balaban J connectivity index is 1.34. The summed E-state index contributed by atoms with van der Waals surface area (Å²) >= 11 is 0. The van der Waals surface area contributed by atoms with E-state index in [2.05, 4.69) is 16.1 Å². The molecule has 0 saturated carbocycles. The summed E-state index contributed by atoms with van der Waals surface area (Å²) in [5.41, 5.74) is 1.52. The largest absolute Gasteiger partial charge is 0.311 e. The Hall–Kier alpha value is -2.65. The molecule has 3 heterocycles. The van der Waals surface area contributed by atoms with E-state index >= 15 is 0 Å². The van der Waals surface area contributed by atoms with Gasteiger partial charge >= 0.3 is 0 Å². The van der Waals surface area contributed by atoms with Gasteiger partial charge in [0.05, 0.1) is 17.7 Å². The van der Waals surface area contributed by atoms with Crippen LogP contribution in [0.2, 0.25) is 0 Å². The summed E-state index contributed by atoms with van der Waals surface area (Å²) in [6, 6.07) is 11.4. The Bertz CT molecular complexity index is 785. The molecular weight excluding hydrogens is 326 g/mol. The maximum absolute atomic E-state index is 12.9. The SMILES string of the molecule is N#Cc1ccc(N2CCC(N3CCC(Cn4cccn4)CC3)C2=O)cc1. The molecule has 0 radical (unpaired) electrons. The van der Waals surface area contributed by atoms with Crippen molar-refractivity contribution in [2.24, 2.45) is 5.92 Å². The second kappa shape index (κ2) is 7.30. The standard InChI is InChI=1S/C20H23N5O/c21-14-16-2-4-18(5-3-16)25-13-8-19(20(25)26)23-11-6-17(7-12-23)15-24-10-1-9-22-24/h1-5,9-10,17,19H,6-8,11-13,15H2. The van der Waals surface area contributed by atoms with Gasteiger partial charge in [0.25, 0.3) is 0 Å². The summed E-state index contributed by atoms with van der Waals surface area (Å²) in [5, 5.41) is 13.2. The molecule has 0 bridgehead atoms. The van der Waals surface area contributed by atoms with Gasteiger partial charge in [-0.05, 0) is 68.6 Å². The molecule has 1 aromatic heterocycles. The van der Waals surface area contributed by atoms with Crippen LogP contribution >= 0.6 is 0 Å². The second-order valence-electron chi connectivity index (χ2n) is 7.16. The highest BCUT2D eigenvalue weighted by atomic mass is 16.2. The molecule has 1 amide bonds. The molecule has 2 saturated heterocycles. The van der Waals surface area contributed by atoms with Gasteiger partial charge in [0.1, 0.15) is 0 Å². The fourth-order valence-electron chi connectivity index (χ4n) is 4.10. The monoisotopic (exact) mass is 349 g/mol. The van der Waals surface area contributed by atoms with Crippen molar-refractivity contribution in [3.05, 3.63) is 48.3 Å². The van der Waals surface area contributed by atoms with Crippen molar-refractivity contribution in [2.45, 2.75) is 31.8 Å². The maximum atomic E-state index is 12.9. The van der Waals surface area contributed by atoms with Gasteiger partial charge in [-0.2, -0.15) is 10.4 Å². The van der Waals surface area contributed by atoms with E-state index in [-0.39, 0.29) is 11.9 Å². The first kappa shape index (κ1) is 16.8. The molecule has 1 aromatic carbocycles. The van der Waals surface area contributed by atoms with Crippen LogP contribution in [0.5, 0.6) is 0 Å². The smallest absolute Gasteiger partial charge is 0.244 e. The first-order chi connectivity index (χ1) is 12.7. The van der Waals surface area contributed by atoms with Crippen LogP contribution in [-0.4, -0.2) is 46.3 Å². The third kappa shape index (κ3) is 3.35. The number of rotatable bonds is 4. The second-order valence-corrected chi connectivity index (χ2v) is 7.16. The lowest BCUT2D eigenvalue weighted by Crippen LogP contribution is -2.46. The number of aromatic nitrogens is 2. The topological polar surface area (TPSA) is 65.2 Å². The minimum Gasteiger partial charge on any atom is -0.311 e. The van der Waals surface area contributed by atoms with E-state index in [1.165, 1.54) is 0 Å². The van der Waals surface area contributed by atoms with Crippen molar-refractivity contribution in [3.8, 4) is 6.07 Å². The highest BCUT2D eigenvalue weighted by Gasteiger charge is 2.38. The number of anilines is 1. The molecule has 1 atom stereocenters. The summed E-state index contributed by atoms with van der Waals surface area (Å²) in [5.74, 6) is 0.831. The highest BCUT2D eigenvalue weighted by Crippen LogP contribution is 2.28. The molecule has 0 N–H and O–H groups in total. The van der Waals surface area contributed by atoms with Crippen molar-refractivity contribution < 1.29 is 4.79 Å². The van der Waals surface area contributed by atoms with Crippen molar-refractivity contribution in [3.63, 3.8) is 0 Å². The molecule has 4 rings (SSSR count). The normalized spacial score (nSPS) is 21.9. The van der Waals surface area contributed by atoms with E-state index in [9.17, 15) is 4.79 Å². The van der Waals surface area contributed by atoms with Gasteiger partial charge in [0.15, 0.2) is 0 Å². The Morgan fingerprint density at radius 1 is 1.12 bits per heavy atom. The summed E-state index contributed by atoms with van der Waals surface area (Å²) < 4.78 is 2.01. The van der Waals surface area contributed by atoms with Crippen LogP contribution in [0.25, 0.3) is 0 Å².